The van der Waals surface area contributed by atoms with Crippen molar-refractivity contribution in [1.82, 2.24) is 9.97 Å². The van der Waals surface area contributed by atoms with Gasteiger partial charge in [-0.3, -0.25) is 0 Å². The highest BCUT2D eigenvalue weighted by Gasteiger charge is 2.11. The number of rotatable bonds is 5. The van der Waals surface area contributed by atoms with Gasteiger partial charge < -0.3 is 5.73 Å². The van der Waals surface area contributed by atoms with Gasteiger partial charge in [-0.1, -0.05) is 27.2 Å². The largest absolute Gasteiger partial charge is 0.383 e. The molecule has 2 N–H and O–H groups in total. The summed E-state index contributed by atoms with van der Waals surface area (Å²) in [6, 6.07) is 0. The molecule has 0 saturated heterocycles. The van der Waals surface area contributed by atoms with Crippen LogP contribution >= 0.6 is 11.8 Å². The average Bonchev–Trinajstić information content (AvgIpc) is 2.23. The van der Waals surface area contributed by atoms with E-state index in [2.05, 4.69) is 30.7 Å². The maximum Gasteiger partial charge on any atom is 0.131 e. The van der Waals surface area contributed by atoms with Gasteiger partial charge in [-0.05, 0) is 12.8 Å². The lowest BCUT2D eigenvalue weighted by Crippen LogP contribution is -2.04. The Balaban J connectivity index is 2.89. The maximum atomic E-state index is 5.86. The summed E-state index contributed by atoms with van der Waals surface area (Å²) in [6.45, 7) is 6.53. The molecule has 1 aromatic rings. The molecule has 1 atom stereocenters. The first-order valence-corrected chi connectivity index (χ1v) is 6.33. The summed E-state index contributed by atoms with van der Waals surface area (Å²) in [6.07, 6.45) is 4.73. The van der Waals surface area contributed by atoms with Crippen LogP contribution in [0.3, 0.4) is 0 Å². The van der Waals surface area contributed by atoms with Crippen molar-refractivity contribution in [3.63, 3.8) is 0 Å². The van der Waals surface area contributed by atoms with Crippen LogP contribution in [0.25, 0.3) is 0 Å². The van der Waals surface area contributed by atoms with E-state index in [0.717, 1.165) is 29.9 Å². The number of anilines is 1. The number of nitrogens with zero attached hydrogens (tertiary/aromatic N) is 2. The Morgan fingerprint density at radius 1 is 1.40 bits per heavy atom. The van der Waals surface area contributed by atoms with Crippen LogP contribution in [0.15, 0.2) is 11.4 Å². The fourth-order valence-electron chi connectivity index (χ4n) is 1.27. The van der Waals surface area contributed by atoms with Crippen LogP contribution in [-0.4, -0.2) is 15.2 Å². The Morgan fingerprint density at radius 3 is 2.73 bits per heavy atom. The van der Waals surface area contributed by atoms with E-state index in [4.69, 9.17) is 5.73 Å². The molecule has 1 unspecified atom stereocenters. The summed E-state index contributed by atoms with van der Waals surface area (Å²) >= 11 is 1.79. The summed E-state index contributed by atoms with van der Waals surface area (Å²) in [7, 11) is 0. The van der Waals surface area contributed by atoms with Crippen LogP contribution in [0.2, 0.25) is 0 Å². The number of hydrogen-bond donors (Lipinski definition) is 1. The van der Waals surface area contributed by atoms with Crippen LogP contribution in [0.1, 0.15) is 39.2 Å². The Hall–Kier alpha value is -0.770. The fraction of sp³-hybridized carbons (Fsp3) is 0.636. The predicted octanol–water partition coefficient (Wildman–Crippen LogP) is 2.90. The molecule has 1 aromatic heterocycles. The van der Waals surface area contributed by atoms with Crippen LogP contribution < -0.4 is 5.73 Å². The van der Waals surface area contributed by atoms with Crippen molar-refractivity contribution >= 4 is 17.6 Å². The van der Waals surface area contributed by atoms with E-state index < -0.39 is 0 Å². The van der Waals surface area contributed by atoms with Crippen molar-refractivity contribution in [1.29, 1.82) is 0 Å². The molecule has 0 aliphatic rings. The fourth-order valence-corrected chi connectivity index (χ4v) is 2.27. The Labute approximate surface area is 95.9 Å². The van der Waals surface area contributed by atoms with Gasteiger partial charge in [0.2, 0.25) is 0 Å². The second-order valence-corrected chi connectivity index (χ2v) is 5.06. The minimum absolute atomic E-state index is 0.579. The first-order valence-electron chi connectivity index (χ1n) is 5.45. The first kappa shape index (κ1) is 12.3. The molecule has 0 spiro atoms. The minimum atomic E-state index is 0.579. The van der Waals surface area contributed by atoms with Gasteiger partial charge >= 0.3 is 0 Å². The third kappa shape index (κ3) is 3.38. The molecule has 0 aliphatic heterocycles. The molecule has 1 heterocycles. The van der Waals surface area contributed by atoms with Gasteiger partial charge in [0.25, 0.3) is 0 Å². The van der Waals surface area contributed by atoms with Crippen molar-refractivity contribution in [2.24, 2.45) is 0 Å². The molecular weight excluding hydrogens is 206 g/mol. The van der Waals surface area contributed by atoms with E-state index in [1.54, 1.807) is 18.1 Å². The van der Waals surface area contributed by atoms with Crippen molar-refractivity contribution in [2.75, 3.05) is 5.73 Å². The smallest absolute Gasteiger partial charge is 0.131 e. The number of thioether (sulfide) groups is 1. The number of nitrogens with two attached hydrogens (primary N) is 1. The van der Waals surface area contributed by atoms with Crippen molar-refractivity contribution < 1.29 is 0 Å². The Morgan fingerprint density at radius 2 is 2.13 bits per heavy atom. The van der Waals surface area contributed by atoms with Crippen molar-refractivity contribution in [2.45, 2.75) is 50.3 Å². The van der Waals surface area contributed by atoms with Gasteiger partial charge in [0.15, 0.2) is 0 Å². The number of hydrogen-bond acceptors (Lipinski definition) is 4. The normalized spacial score (nSPS) is 12.7. The second-order valence-electron chi connectivity index (χ2n) is 3.63. The summed E-state index contributed by atoms with van der Waals surface area (Å²) in [5.74, 6) is 0.637. The highest BCUT2D eigenvalue weighted by molar-refractivity contribution is 7.99. The molecule has 0 amide bonds. The van der Waals surface area contributed by atoms with Gasteiger partial charge in [-0.25, -0.2) is 9.97 Å². The quantitative estimate of drug-likeness (QED) is 0.618. The van der Waals surface area contributed by atoms with E-state index in [-0.39, 0.29) is 0 Å². The zero-order chi connectivity index (χ0) is 11.3. The zero-order valence-electron chi connectivity index (χ0n) is 9.66. The molecule has 1 rings (SSSR count). The minimum Gasteiger partial charge on any atom is -0.383 e. The maximum absolute atomic E-state index is 5.86. The molecule has 0 aliphatic carbocycles. The Bertz CT molecular complexity index is 315. The first-order chi connectivity index (χ1) is 7.19. The van der Waals surface area contributed by atoms with E-state index in [1.807, 2.05) is 0 Å². The standard InChI is InChI=1S/C11H19N3S/c1-4-6-9-10(12)13-7-14-11(9)15-8(3)5-2/h7-8H,4-6H2,1-3H3,(H2,12,13,14). The summed E-state index contributed by atoms with van der Waals surface area (Å²) in [5, 5.41) is 1.63. The molecule has 0 fully saturated rings. The highest BCUT2D eigenvalue weighted by atomic mass is 32.2. The second kappa shape index (κ2) is 5.95. The molecular formula is C11H19N3S. The van der Waals surface area contributed by atoms with Gasteiger partial charge in [-0.2, -0.15) is 0 Å². The summed E-state index contributed by atoms with van der Waals surface area (Å²) in [4.78, 5) is 8.36. The van der Waals surface area contributed by atoms with Crippen LogP contribution in [0.5, 0.6) is 0 Å². The zero-order valence-corrected chi connectivity index (χ0v) is 10.5. The van der Waals surface area contributed by atoms with Crippen LogP contribution in [0, 0.1) is 0 Å². The van der Waals surface area contributed by atoms with Crippen LogP contribution in [-0.2, 0) is 6.42 Å². The highest BCUT2D eigenvalue weighted by Crippen LogP contribution is 2.28. The lowest BCUT2D eigenvalue weighted by Gasteiger charge is -2.12. The molecule has 3 nitrogen and oxygen atoms in total. The van der Waals surface area contributed by atoms with E-state index >= 15 is 0 Å². The van der Waals surface area contributed by atoms with Gasteiger partial charge in [-0.15, -0.1) is 11.8 Å². The van der Waals surface area contributed by atoms with Crippen molar-refractivity contribution in [3.05, 3.63) is 11.9 Å². The molecule has 4 heteroatoms. The molecule has 0 radical (unpaired) electrons. The lowest BCUT2D eigenvalue weighted by molar-refractivity contribution is 0.850. The summed E-state index contributed by atoms with van der Waals surface area (Å²) in [5.41, 5.74) is 6.98. The van der Waals surface area contributed by atoms with Crippen molar-refractivity contribution in [3.8, 4) is 0 Å². The van der Waals surface area contributed by atoms with E-state index in [1.165, 1.54) is 0 Å². The van der Waals surface area contributed by atoms with Crippen LogP contribution in [0.4, 0.5) is 5.82 Å². The summed E-state index contributed by atoms with van der Waals surface area (Å²) < 4.78 is 0. The van der Waals surface area contributed by atoms with Gasteiger partial charge in [0, 0.05) is 10.8 Å². The molecule has 0 aromatic carbocycles. The Kier molecular flexibility index (Phi) is 4.88. The third-order valence-electron chi connectivity index (χ3n) is 2.33. The number of aromatic nitrogens is 2. The SMILES string of the molecule is CCCc1c(N)ncnc1SC(C)CC. The predicted molar refractivity (Wildman–Crippen MR) is 66.0 cm³/mol. The van der Waals surface area contributed by atoms with Gasteiger partial charge in [0.1, 0.15) is 17.2 Å². The number of nitrogen functional groups attached to an aromatic ring is 1. The monoisotopic (exact) mass is 225 g/mol. The van der Waals surface area contributed by atoms with Gasteiger partial charge in [0.05, 0.1) is 0 Å². The topological polar surface area (TPSA) is 51.8 Å². The molecule has 0 bridgehead atoms. The molecule has 84 valence electrons. The van der Waals surface area contributed by atoms with E-state index in [9.17, 15) is 0 Å². The van der Waals surface area contributed by atoms with E-state index in [0.29, 0.717) is 11.1 Å². The lowest BCUT2D eigenvalue weighted by atomic mass is 10.2. The third-order valence-corrected chi connectivity index (χ3v) is 3.64. The average molecular weight is 225 g/mol. The molecule has 0 saturated carbocycles. The molecule has 15 heavy (non-hydrogen) atoms.